The smallest absolute Gasteiger partial charge is 0.243 e. The number of benzene rings is 2. The van der Waals surface area contributed by atoms with Crippen molar-refractivity contribution in [3.05, 3.63) is 48.0 Å². The number of rotatable bonds is 6. The fourth-order valence-electron chi connectivity index (χ4n) is 4.63. The number of carbonyl (C=O) groups excluding carboxylic acids is 2. The minimum Gasteiger partial charge on any atom is -0.486 e. The highest BCUT2D eigenvalue weighted by Crippen LogP contribution is 2.35. The van der Waals surface area contributed by atoms with Crippen LogP contribution in [-0.4, -0.2) is 56.9 Å². The summed E-state index contributed by atoms with van der Waals surface area (Å²) in [6, 6.07) is 11.3. The number of nitrogens with one attached hydrogen (secondary N) is 1. The van der Waals surface area contributed by atoms with Gasteiger partial charge in [-0.25, -0.2) is 8.42 Å². The number of nitrogens with zero attached hydrogens (tertiary/aromatic N) is 2. The number of sulfonamides is 1. The Morgan fingerprint density at radius 2 is 1.76 bits per heavy atom. The molecule has 1 N–H and O–H groups in total. The normalized spacial score (nSPS) is 20.5. The Labute approximate surface area is 198 Å². The van der Waals surface area contributed by atoms with Gasteiger partial charge in [0, 0.05) is 37.8 Å². The predicted octanol–water partition coefficient (Wildman–Crippen LogP) is 2.05. The highest BCUT2D eigenvalue weighted by atomic mass is 32.2. The SMILES string of the molecule is O=C(NCc1ccc(N2CCCC2=O)cc1)C1CCCN1S(=O)(=O)c1ccc2c(c1)OCCO2. The van der Waals surface area contributed by atoms with E-state index in [0.29, 0.717) is 44.0 Å². The van der Waals surface area contributed by atoms with E-state index in [1.54, 1.807) is 11.0 Å². The Bertz CT molecular complexity index is 1200. The number of fused-ring (bicyclic) bond motifs is 1. The molecule has 1 atom stereocenters. The average Bonchev–Trinajstić information content (AvgIpc) is 3.52. The maximum atomic E-state index is 13.3. The molecule has 3 aliphatic rings. The van der Waals surface area contributed by atoms with Crippen molar-refractivity contribution < 1.29 is 27.5 Å². The lowest BCUT2D eigenvalue weighted by molar-refractivity contribution is -0.124. The highest BCUT2D eigenvalue weighted by Gasteiger charge is 2.39. The molecule has 2 amide bonds. The summed E-state index contributed by atoms with van der Waals surface area (Å²) in [6.07, 6.45) is 2.51. The summed E-state index contributed by atoms with van der Waals surface area (Å²) < 4.78 is 38.9. The van der Waals surface area contributed by atoms with Crippen LogP contribution in [0.3, 0.4) is 0 Å². The molecule has 2 aromatic carbocycles. The van der Waals surface area contributed by atoms with Crippen LogP contribution in [0.1, 0.15) is 31.2 Å². The summed E-state index contributed by atoms with van der Waals surface area (Å²) in [5, 5.41) is 2.87. The monoisotopic (exact) mass is 485 g/mol. The van der Waals surface area contributed by atoms with Crippen LogP contribution in [0.2, 0.25) is 0 Å². The summed E-state index contributed by atoms with van der Waals surface area (Å²) >= 11 is 0. The number of hydrogen-bond donors (Lipinski definition) is 1. The number of hydrogen-bond acceptors (Lipinski definition) is 6. The zero-order valence-electron chi connectivity index (χ0n) is 18.7. The maximum Gasteiger partial charge on any atom is 0.243 e. The third-order valence-corrected chi connectivity index (χ3v) is 8.32. The van der Waals surface area contributed by atoms with Crippen molar-refractivity contribution in [1.29, 1.82) is 0 Å². The molecule has 5 rings (SSSR count). The minimum absolute atomic E-state index is 0.0866. The van der Waals surface area contributed by atoms with Crippen LogP contribution in [0.4, 0.5) is 5.69 Å². The van der Waals surface area contributed by atoms with Crippen LogP contribution in [0.15, 0.2) is 47.4 Å². The number of carbonyl (C=O) groups is 2. The first-order valence-corrected chi connectivity index (χ1v) is 13.0. The lowest BCUT2D eigenvalue weighted by Gasteiger charge is -2.25. The zero-order chi connectivity index (χ0) is 23.7. The summed E-state index contributed by atoms with van der Waals surface area (Å²) in [6.45, 7) is 2.08. The molecule has 0 spiro atoms. The van der Waals surface area contributed by atoms with Crippen LogP contribution in [0.25, 0.3) is 0 Å². The third-order valence-electron chi connectivity index (χ3n) is 6.41. The summed E-state index contributed by atoms with van der Waals surface area (Å²) in [5.74, 6) is 0.714. The van der Waals surface area contributed by atoms with Gasteiger partial charge in [-0.2, -0.15) is 4.31 Å². The molecule has 0 aliphatic carbocycles. The molecule has 3 heterocycles. The Morgan fingerprint density at radius 3 is 2.50 bits per heavy atom. The molecule has 34 heavy (non-hydrogen) atoms. The van der Waals surface area contributed by atoms with E-state index in [1.165, 1.54) is 16.4 Å². The van der Waals surface area contributed by atoms with Crippen molar-refractivity contribution in [2.75, 3.05) is 31.2 Å². The Balaban J connectivity index is 1.24. The number of ether oxygens (including phenoxy) is 2. The molecule has 0 aromatic heterocycles. The van der Waals surface area contributed by atoms with Gasteiger partial charge in [0.05, 0.1) is 4.90 Å². The van der Waals surface area contributed by atoms with E-state index in [2.05, 4.69) is 5.32 Å². The number of amides is 2. The second-order valence-corrected chi connectivity index (χ2v) is 10.5. The highest BCUT2D eigenvalue weighted by molar-refractivity contribution is 7.89. The molecule has 9 nitrogen and oxygen atoms in total. The van der Waals surface area contributed by atoms with Crippen molar-refractivity contribution >= 4 is 27.5 Å². The first-order chi connectivity index (χ1) is 16.4. The number of anilines is 1. The molecule has 10 heteroatoms. The van der Waals surface area contributed by atoms with Gasteiger partial charge < -0.3 is 19.7 Å². The van der Waals surface area contributed by atoms with Crippen molar-refractivity contribution in [2.45, 2.75) is 43.2 Å². The lowest BCUT2D eigenvalue weighted by atomic mass is 10.1. The van der Waals surface area contributed by atoms with E-state index in [1.807, 2.05) is 24.3 Å². The van der Waals surface area contributed by atoms with Gasteiger partial charge >= 0.3 is 0 Å². The molecular weight excluding hydrogens is 458 g/mol. The first kappa shape index (κ1) is 22.7. The molecule has 2 fully saturated rings. The lowest BCUT2D eigenvalue weighted by Crippen LogP contribution is -2.45. The van der Waals surface area contributed by atoms with Gasteiger partial charge in [-0.3, -0.25) is 9.59 Å². The van der Waals surface area contributed by atoms with Crippen molar-refractivity contribution in [3.63, 3.8) is 0 Å². The van der Waals surface area contributed by atoms with Gasteiger partial charge in [-0.15, -0.1) is 0 Å². The second-order valence-electron chi connectivity index (χ2n) is 8.61. The van der Waals surface area contributed by atoms with Gasteiger partial charge in [0.2, 0.25) is 21.8 Å². The molecule has 0 saturated carbocycles. The van der Waals surface area contributed by atoms with Crippen LogP contribution < -0.4 is 19.7 Å². The van der Waals surface area contributed by atoms with Crippen molar-refractivity contribution in [2.24, 2.45) is 0 Å². The van der Waals surface area contributed by atoms with E-state index < -0.39 is 16.1 Å². The Morgan fingerprint density at radius 1 is 1.00 bits per heavy atom. The van der Waals surface area contributed by atoms with Gasteiger partial charge in [-0.1, -0.05) is 12.1 Å². The molecule has 180 valence electrons. The minimum atomic E-state index is -3.87. The van der Waals surface area contributed by atoms with Crippen molar-refractivity contribution in [3.8, 4) is 11.5 Å². The largest absolute Gasteiger partial charge is 0.486 e. The maximum absolute atomic E-state index is 13.3. The standard InChI is InChI=1S/C24H27N3O6S/c28-23-4-2-11-26(23)18-7-5-17(6-8-18)16-25-24(29)20-3-1-12-27(20)34(30,31)19-9-10-21-22(15-19)33-14-13-32-21/h5-10,15,20H,1-4,11-14,16H2,(H,25,29). The van der Waals surface area contributed by atoms with E-state index in [4.69, 9.17) is 9.47 Å². The van der Waals surface area contributed by atoms with E-state index in [-0.39, 0.29) is 29.8 Å². The van der Waals surface area contributed by atoms with E-state index in [0.717, 1.165) is 24.2 Å². The van der Waals surface area contributed by atoms with E-state index in [9.17, 15) is 18.0 Å². The average molecular weight is 486 g/mol. The Hall–Kier alpha value is -3.11. The van der Waals surface area contributed by atoms with Gasteiger partial charge in [-0.05, 0) is 49.1 Å². The van der Waals surface area contributed by atoms with Crippen LogP contribution in [0, 0.1) is 0 Å². The zero-order valence-corrected chi connectivity index (χ0v) is 19.6. The van der Waals surface area contributed by atoms with Crippen molar-refractivity contribution in [1.82, 2.24) is 9.62 Å². The topological polar surface area (TPSA) is 105 Å². The Kier molecular flexibility index (Phi) is 6.18. The summed E-state index contributed by atoms with van der Waals surface area (Å²) in [7, 11) is -3.87. The third kappa shape index (κ3) is 4.35. The molecule has 2 aromatic rings. The first-order valence-electron chi connectivity index (χ1n) is 11.5. The van der Waals surface area contributed by atoms with Crippen LogP contribution in [0.5, 0.6) is 11.5 Å². The van der Waals surface area contributed by atoms with Gasteiger partial charge in [0.1, 0.15) is 19.3 Å². The molecule has 0 radical (unpaired) electrons. The van der Waals surface area contributed by atoms with Crippen LogP contribution >= 0.6 is 0 Å². The molecule has 2 saturated heterocycles. The quantitative estimate of drug-likeness (QED) is 0.672. The molecule has 1 unspecified atom stereocenters. The van der Waals surface area contributed by atoms with Gasteiger partial charge in [0.15, 0.2) is 11.5 Å². The fourth-order valence-corrected chi connectivity index (χ4v) is 6.30. The van der Waals surface area contributed by atoms with Gasteiger partial charge in [0.25, 0.3) is 0 Å². The molecule has 3 aliphatic heterocycles. The molecular formula is C24H27N3O6S. The second kappa shape index (κ2) is 9.27. The van der Waals surface area contributed by atoms with E-state index >= 15 is 0 Å². The fraction of sp³-hybridized carbons (Fsp3) is 0.417. The predicted molar refractivity (Wildman–Crippen MR) is 124 cm³/mol. The summed E-state index contributed by atoms with van der Waals surface area (Å²) in [5.41, 5.74) is 1.73. The van der Waals surface area contributed by atoms with Crippen LogP contribution in [-0.2, 0) is 26.2 Å². The summed E-state index contributed by atoms with van der Waals surface area (Å²) in [4.78, 5) is 26.7. The molecule has 0 bridgehead atoms.